The van der Waals surface area contributed by atoms with Crippen molar-refractivity contribution in [2.24, 2.45) is 0 Å². The molecule has 0 aliphatic carbocycles. The minimum Gasteiger partial charge on any atom is -0.393 e. The van der Waals surface area contributed by atoms with Crippen molar-refractivity contribution in [2.45, 2.75) is 25.1 Å². The van der Waals surface area contributed by atoms with Crippen LogP contribution in [0, 0.1) is 0 Å². The molecule has 3 rings (SSSR count). The maximum absolute atomic E-state index is 11.9. The lowest BCUT2D eigenvalue weighted by molar-refractivity contribution is 0.0319. The molecule has 3 heterocycles. The first-order valence-electron chi connectivity index (χ1n) is 6.50. The normalized spacial score (nSPS) is 23.0. The number of hydrogen-bond donors (Lipinski definition) is 2. The first kappa shape index (κ1) is 12.8. The van der Waals surface area contributed by atoms with Gasteiger partial charge in [-0.2, -0.15) is 5.10 Å². The van der Waals surface area contributed by atoms with Gasteiger partial charge in [0.15, 0.2) is 5.82 Å². The molecular formula is C12H16N6O2. The molecule has 106 valence electrons. The summed E-state index contributed by atoms with van der Waals surface area (Å²) < 4.78 is 1.82. The number of fused-ring (bicyclic) bond motifs is 1. The van der Waals surface area contributed by atoms with E-state index in [9.17, 15) is 9.90 Å². The lowest BCUT2D eigenvalue weighted by atomic mass is 10.0. The predicted octanol–water partition coefficient (Wildman–Crippen LogP) is 0.0726. The van der Waals surface area contributed by atoms with Crippen molar-refractivity contribution >= 4 is 6.03 Å². The molecule has 0 aromatic carbocycles. The zero-order valence-electron chi connectivity index (χ0n) is 11.1. The van der Waals surface area contributed by atoms with Gasteiger partial charge in [0.1, 0.15) is 6.17 Å². The van der Waals surface area contributed by atoms with E-state index in [0.29, 0.717) is 25.2 Å². The van der Waals surface area contributed by atoms with Gasteiger partial charge >= 0.3 is 6.03 Å². The Morgan fingerprint density at radius 2 is 2.40 bits per heavy atom. The van der Waals surface area contributed by atoms with Gasteiger partial charge in [0, 0.05) is 26.2 Å². The third-order valence-corrected chi connectivity index (χ3v) is 3.57. The molecule has 2 N–H and O–H groups in total. The Kier molecular flexibility index (Phi) is 3.23. The number of piperidine rings is 1. The number of nitrogens with zero attached hydrogens (tertiary/aromatic N) is 5. The summed E-state index contributed by atoms with van der Waals surface area (Å²) in [5.74, 6) is 0.573. The summed E-state index contributed by atoms with van der Waals surface area (Å²) in [6.45, 7) is 0.508. The quantitative estimate of drug-likeness (QED) is 0.768. The summed E-state index contributed by atoms with van der Waals surface area (Å²) in [6, 6.07) is -0.159. The van der Waals surface area contributed by atoms with Crippen molar-refractivity contribution < 1.29 is 9.90 Å². The number of likely N-dealkylation sites (tertiary alicyclic amines) is 1. The van der Waals surface area contributed by atoms with Gasteiger partial charge in [-0.25, -0.2) is 9.78 Å². The SMILES string of the molecule is CNC(=O)N1CCC(O)CC1n1cnc2nncc-2c1. The molecule has 0 spiro atoms. The number of amides is 2. The number of carbonyl (C=O) groups excluding carboxylic acids is 1. The van der Waals surface area contributed by atoms with Crippen LogP contribution < -0.4 is 5.32 Å². The van der Waals surface area contributed by atoms with Crippen molar-refractivity contribution in [1.29, 1.82) is 0 Å². The largest absolute Gasteiger partial charge is 0.393 e. The van der Waals surface area contributed by atoms with E-state index in [1.54, 1.807) is 24.5 Å². The fraction of sp³-hybridized carbons (Fsp3) is 0.500. The molecule has 1 saturated heterocycles. The van der Waals surface area contributed by atoms with Crippen LogP contribution in [0.1, 0.15) is 19.0 Å². The smallest absolute Gasteiger partial charge is 0.318 e. The second kappa shape index (κ2) is 5.04. The molecule has 0 radical (unpaired) electrons. The summed E-state index contributed by atoms with van der Waals surface area (Å²) >= 11 is 0. The van der Waals surface area contributed by atoms with Gasteiger partial charge in [0.05, 0.1) is 24.2 Å². The van der Waals surface area contributed by atoms with Crippen LogP contribution in [0.3, 0.4) is 0 Å². The van der Waals surface area contributed by atoms with Crippen LogP contribution in [-0.2, 0) is 0 Å². The lowest BCUT2D eigenvalue weighted by Crippen LogP contribution is -2.48. The first-order chi connectivity index (χ1) is 9.69. The average Bonchev–Trinajstić information content (AvgIpc) is 2.93. The third kappa shape index (κ3) is 2.18. The van der Waals surface area contributed by atoms with Gasteiger partial charge in [-0.15, -0.1) is 5.10 Å². The molecule has 1 fully saturated rings. The third-order valence-electron chi connectivity index (χ3n) is 3.57. The summed E-state index contributed by atoms with van der Waals surface area (Å²) in [5.41, 5.74) is 0.810. The number of aliphatic hydroxyl groups is 1. The van der Waals surface area contributed by atoms with Crippen LogP contribution >= 0.6 is 0 Å². The fourth-order valence-electron chi connectivity index (χ4n) is 2.52. The molecule has 20 heavy (non-hydrogen) atoms. The number of rotatable bonds is 1. The van der Waals surface area contributed by atoms with Gasteiger partial charge in [-0.3, -0.25) is 0 Å². The highest BCUT2D eigenvalue weighted by molar-refractivity contribution is 5.74. The van der Waals surface area contributed by atoms with E-state index in [1.807, 2.05) is 10.8 Å². The van der Waals surface area contributed by atoms with Crippen LogP contribution in [0.4, 0.5) is 4.79 Å². The van der Waals surface area contributed by atoms with Gasteiger partial charge in [0.2, 0.25) is 0 Å². The highest BCUT2D eigenvalue weighted by Crippen LogP contribution is 2.27. The molecule has 0 aromatic rings. The first-order valence-corrected chi connectivity index (χ1v) is 6.50. The van der Waals surface area contributed by atoms with E-state index in [1.165, 1.54) is 0 Å². The minimum absolute atomic E-state index is 0.159. The van der Waals surface area contributed by atoms with Crippen LogP contribution in [-0.4, -0.2) is 55.5 Å². The molecule has 3 aliphatic heterocycles. The molecule has 3 aliphatic rings. The average molecular weight is 276 g/mol. The van der Waals surface area contributed by atoms with Gasteiger partial charge < -0.3 is 19.9 Å². The lowest BCUT2D eigenvalue weighted by Gasteiger charge is -2.38. The van der Waals surface area contributed by atoms with Crippen molar-refractivity contribution in [1.82, 2.24) is 30.0 Å². The monoisotopic (exact) mass is 276 g/mol. The number of aliphatic hydroxyl groups excluding tert-OH is 1. The topological polar surface area (TPSA) is 96.2 Å². The Hall–Kier alpha value is -2.22. The van der Waals surface area contributed by atoms with Gasteiger partial charge in [-0.1, -0.05) is 0 Å². The molecule has 0 bridgehead atoms. The molecule has 8 heteroatoms. The highest BCUT2D eigenvalue weighted by atomic mass is 16.3. The van der Waals surface area contributed by atoms with E-state index >= 15 is 0 Å². The molecule has 0 aromatic heterocycles. The van der Waals surface area contributed by atoms with Crippen molar-refractivity contribution in [2.75, 3.05) is 13.6 Å². The zero-order chi connectivity index (χ0) is 14.1. The van der Waals surface area contributed by atoms with E-state index in [4.69, 9.17) is 0 Å². The van der Waals surface area contributed by atoms with Crippen LogP contribution in [0.15, 0.2) is 18.7 Å². The van der Waals surface area contributed by atoms with E-state index in [2.05, 4.69) is 20.5 Å². The number of nitrogens with one attached hydrogen (secondary N) is 1. The van der Waals surface area contributed by atoms with Crippen LogP contribution in [0.2, 0.25) is 0 Å². The summed E-state index contributed by atoms with van der Waals surface area (Å²) in [7, 11) is 1.60. The Balaban J connectivity index is 1.95. The van der Waals surface area contributed by atoms with E-state index in [0.717, 1.165) is 5.56 Å². The number of hydrogen-bond acceptors (Lipinski definition) is 5. The molecular weight excluding hydrogens is 260 g/mol. The fourth-order valence-corrected chi connectivity index (χ4v) is 2.52. The molecule has 0 saturated carbocycles. The number of aromatic nitrogens is 4. The van der Waals surface area contributed by atoms with E-state index in [-0.39, 0.29) is 12.2 Å². The summed E-state index contributed by atoms with van der Waals surface area (Å²) in [6.07, 6.45) is 5.48. The van der Waals surface area contributed by atoms with E-state index < -0.39 is 6.10 Å². The summed E-state index contributed by atoms with van der Waals surface area (Å²) in [4.78, 5) is 17.9. The second-order valence-corrected chi connectivity index (χ2v) is 4.85. The van der Waals surface area contributed by atoms with Crippen molar-refractivity contribution in [3.8, 4) is 11.4 Å². The number of urea groups is 1. The Bertz CT molecular complexity index is 585. The minimum atomic E-state index is -0.417. The Morgan fingerprint density at radius 1 is 1.55 bits per heavy atom. The Labute approximate surface area is 115 Å². The van der Waals surface area contributed by atoms with Gasteiger partial charge in [-0.05, 0) is 6.42 Å². The molecule has 8 nitrogen and oxygen atoms in total. The maximum Gasteiger partial charge on any atom is 0.318 e. The van der Waals surface area contributed by atoms with Crippen LogP contribution in [0.5, 0.6) is 0 Å². The molecule has 2 atom stereocenters. The van der Waals surface area contributed by atoms with Crippen molar-refractivity contribution in [3.05, 3.63) is 18.7 Å². The molecule has 2 amide bonds. The highest BCUT2D eigenvalue weighted by Gasteiger charge is 2.31. The predicted molar refractivity (Wildman–Crippen MR) is 69.9 cm³/mol. The van der Waals surface area contributed by atoms with Gasteiger partial charge in [0.25, 0.3) is 0 Å². The molecule has 2 unspecified atom stereocenters. The zero-order valence-corrected chi connectivity index (χ0v) is 11.1. The standard InChI is InChI=1S/C12H16N6O2/c1-13-12(20)18-3-2-9(19)4-10(18)17-6-8-5-15-16-11(8)14-7-17/h5-7,9-10,19H,2-4H2,1H3,(H,13,20). The number of carbonyl (C=O) groups is 1. The summed E-state index contributed by atoms with van der Waals surface area (Å²) in [5, 5.41) is 20.2. The van der Waals surface area contributed by atoms with Crippen molar-refractivity contribution in [3.63, 3.8) is 0 Å². The van der Waals surface area contributed by atoms with Crippen LogP contribution in [0.25, 0.3) is 11.4 Å². The maximum atomic E-state index is 11.9. The Morgan fingerprint density at radius 3 is 3.20 bits per heavy atom. The second-order valence-electron chi connectivity index (χ2n) is 4.85.